The summed E-state index contributed by atoms with van der Waals surface area (Å²) in [6.07, 6.45) is 0. The molecule has 1 N–H and O–H groups in total. The van der Waals surface area contributed by atoms with E-state index in [2.05, 4.69) is 24.8 Å². The molecule has 6 nitrogen and oxygen atoms in total. The molecule has 0 aliphatic carbocycles. The normalized spacial score (nSPS) is 11.4. The lowest BCUT2D eigenvalue weighted by molar-refractivity contribution is -0.0571. The number of nitrogens with one attached hydrogen (secondary N) is 1. The van der Waals surface area contributed by atoms with Crippen LogP contribution in [0.25, 0.3) is 5.69 Å². The molecule has 0 aliphatic heterocycles. The maximum Gasteiger partial charge on any atom is 0.388 e. The Bertz CT molecular complexity index is 603. The maximum atomic E-state index is 12.2. The highest BCUT2D eigenvalue weighted by molar-refractivity contribution is 6.31. The second-order valence-corrected chi connectivity index (χ2v) is 3.93. The van der Waals surface area contributed by atoms with Crippen molar-refractivity contribution in [3.8, 4) is 17.4 Å². The van der Waals surface area contributed by atoms with Crippen LogP contribution in [-0.2, 0) is 0 Å². The fraction of sp³-hybridized carbons (Fsp3) is 0.250. The van der Waals surface area contributed by atoms with Crippen molar-refractivity contribution in [2.24, 2.45) is 0 Å². The third-order valence-electron chi connectivity index (χ3n) is 1.94. The second-order valence-electron chi connectivity index (χ2n) is 3.17. The number of hydrogen-bond donors (Lipinski definition) is 1. The number of hydrogen-bond acceptors (Lipinski definition) is 4. The lowest BCUT2D eigenvalue weighted by atomic mass is 10.5. The Kier molecular flexibility index (Phi) is 4.23. The minimum absolute atomic E-state index is 0.221. The number of aromatic nitrogens is 4. The minimum Gasteiger partial charge on any atom is -0.417 e. The summed E-state index contributed by atoms with van der Waals surface area (Å²) in [6.45, 7) is -6.37. The molecule has 2 aromatic rings. The minimum atomic E-state index is -3.20. The molecule has 0 fully saturated rings. The zero-order chi connectivity index (χ0) is 14.9. The van der Waals surface area contributed by atoms with Crippen molar-refractivity contribution in [3.05, 3.63) is 16.4 Å². The zero-order valence-corrected chi connectivity index (χ0v) is 10.7. The number of nitrogens with zero attached hydrogens (tertiary/aromatic N) is 3. The van der Waals surface area contributed by atoms with E-state index in [9.17, 15) is 17.6 Å². The van der Waals surface area contributed by atoms with Crippen LogP contribution in [-0.4, -0.2) is 33.2 Å². The van der Waals surface area contributed by atoms with Gasteiger partial charge in [0.25, 0.3) is 5.88 Å². The highest BCUT2D eigenvalue weighted by Crippen LogP contribution is 2.33. The van der Waals surface area contributed by atoms with Gasteiger partial charge in [-0.15, -0.1) is 5.10 Å². The molecular formula is C8H4Cl2F4N4O2. The van der Waals surface area contributed by atoms with Gasteiger partial charge in [0.05, 0.1) is 0 Å². The number of aromatic amines is 1. The van der Waals surface area contributed by atoms with E-state index in [0.717, 1.165) is 6.07 Å². The van der Waals surface area contributed by atoms with Crippen LogP contribution in [0.3, 0.4) is 0 Å². The second kappa shape index (κ2) is 5.75. The van der Waals surface area contributed by atoms with Gasteiger partial charge in [0.1, 0.15) is 0 Å². The van der Waals surface area contributed by atoms with E-state index in [1.54, 1.807) is 0 Å². The van der Waals surface area contributed by atoms with Gasteiger partial charge in [-0.05, 0) is 0 Å². The quantitative estimate of drug-likeness (QED) is 0.853. The summed E-state index contributed by atoms with van der Waals surface area (Å²) in [7, 11) is 0. The molecule has 0 bridgehead atoms. The van der Waals surface area contributed by atoms with Crippen molar-refractivity contribution in [1.29, 1.82) is 0 Å². The van der Waals surface area contributed by atoms with Crippen LogP contribution in [0.15, 0.2) is 6.07 Å². The number of alkyl halides is 4. The molecule has 0 saturated carbocycles. The molecule has 12 heteroatoms. The van der Waals surface area contributed by atoms with Crippen molar-refractivity contribution in [3.63, 3.8) is 0 Å². The van der Waals surface area contributed by atoms with Crippen LogP contribution in [0.4, 0.5) is 17.6 Å². The molecule has 0 radical (unpaired) electrons. The van der Waals surface area contributed by atoms with Crippen LogP contribution < -0.4 is 9.47 Å². The highest BCUT2D eigenvalue weighted by atomic mass is 35.5. The number of ether oxygens (including phenoxy) is 2. The van der Waals surface area contributed by atoms with E-state index in [0.29, 0.717) is 4.68 Å². The van der Waals surface area contributed by atoms with Crippen LogP contribution in [0.1, 0.15) is 0 Å². The Labute approximate surface area is 118 Å². The van der Waals surface area contributed by atoms with Gasteiger partial charge in [0, 0.05) is 6.07 Å². The van der Waals surface area contributed by atoms with Crippen LogP contribution >= 0.6 is 23.2 Å². The van der Waals surface area contributed by atoms with Gasteiger partial charge in [0.15, 0.2) is 16.0 Å². The fourth-order valence-corrected chi connectivity index (χ4v) is 1.69. The fourth-order valence-electron chi connectivity index (χ4n) is 1.32. The summed E-state index contributed by atoms with van der Waals surface area (Å²) in [4.78, 5) is 0. The molecule has 2 aromatic heterocycles. The third-order valence-corrected chi connectivity index (χ3v) is 2.38. The lowest BCUT2D eigenvalue weighted by Gasteiger charge is -2.08. The SMILES string of the molecule is FC(F)Oc1n[nH]c(Cl)c1-n1nc(Cl)cc1OC(F)F. The van der Waals surface area contributed by atoms with Gasteiger partial charge >= 0.3 is 13.2 Å². The van der Waals surface area contributed by atoms with Gasteiger partial charge in [-0.1, -0.05) is 23.2 Å². The van der Waals surface area contributed by atoms with Crippen molar-refractivity contribution >= 4 is 23.2 Å². The average Bonchev–Trinajstić information content (AvgIpc) is 2.81. The molecule has 20 heavy (non-hydrogen) atoms. The van der Waals surface area contributed by atoms with Crippen molar-refractivity contribution < 1.29 is 27.0 Å². The summed E-state index contributed by atoms with van der Waals surface area (Å²) in [6, 6.07) is 0.948. The van der Waals surface area contributed by atoms with Gasteiger partial charge in [-0.25, -0.2) is 0 Å². The first-order valence-corrected chi connectivity index (χ1v) is 5.53. The smallest absolute Gasteiger partial charge is 0.388 e. The van der Waals surface area contributed by atoms with Crippen molar-refractivity contribution in [1.82, 2.24) is 20.0 Å². The monoisotopic (exact) mass is 334 g/mol. The predicted molar refractivity (Wildman–Crippen MR) is 59.0 cm³/mol. The molecule has 0 aliphatic rings. The molecule has 0 amide bonds. The first kappa shape index (κ1) is 14.7. The largest absolute Gasteiger partial charge is 0.417 e. The van der Waals surface area contributed by atoms with Crippen LogP contribution in [0.2, 0.25) is 10.3 Å². The van der Waals surface area contributed by atoms with Gasteiger partial charge in [-0.3, -0.25) is 5.10 Å². The highest BCUT2D eigenvalue weighted by Gasteiger charge is 2.24. The van der Waals surface area contributed by atoms with E-state index in [1.165, 1.54) is 0 Å². The Balaban J connectivity index is 2.48. The molecule has 110 valence electrons. The summed E-state index contributed by atoms with van der Waals surface area (Å²) < 4.78 is 57.8. The van der Waals surface area contributed by atoms with E-state index in [4.69, 9.17) is 23.2 Å². The molecule has 0 saturated heterocycles. The number of H-pyrrole nitrogens is 1. The molecule has 0 spiro atoms. The number of rotatable bonds is 5. The molecule has 0 aromatic carbocycles. The summed E-state index contributed by atoms with van der Waals surface area (Å²) >= 11 is 11.2. The Morgan fingerprint density at radius 3 is 2.40 bits per heavy atom. The summed E-state index contributed by atoms with van der Waals surface area (Å²) in [5.74, 6) is -1.17. The Morgan fingerprint density at radius 1 is 1.15 bits per heavy atom. The first-order valence-electron chi connectivity index (χ1n) is 4.78. The lowest BCUT2D eigenvalue weighted by Crippen LogP contribution is -2.10. The molecule has 2 rings (SSSR count). The third kappa shape index (κ3) is 3.07. The van der Waals surface area contributed by atoms with E-state index in [-0.39, 0.29) is 16.0 Å². The molecule has 0 atom stereocenters. The van der Waals surface area contributed by atoms with Crippen LogP contribution in [0.5, 0.6) is 11.8 Å². The van der Waals surface area contributed by atoms with E-state index < -0.39 is 25.0 Å². The van der Waals surface area contributed by atoms with Gasteiger partial charge in [0.2, 0.25) is 5.88 Å². The van der Waals surface area contributed by atoms with Crippen molar-refractivity contribution in [2.75, 3.05) is 0 Å². The average molecular weight is 335 g/mol. The summed E-state index contributed by atoms with van der Waals surface area (Å²) in [5, 5.41) is 8.59. The molecule has 0 unspecified atom stereocenters. The van der Waals surface area contributed by atoms with Crippen molar-refractivity contribution in [2.45, 2.75) is 13.2 Å². The van der Waals surface area contributed by atoms with Gasteiger partial charge < -0.3 is 9.47 Å². The topological polar surface area (TPSA) is 65.0 Å². The maximum absolute atomic E-state index is 12.2. The first-order chi connectivity index (χ1) is 9.38. The van der Waals surface area contributed by atoms with Crippen LogP contribution in [0, 0.1) is 0 Å². The van der Waals surface area contributed by atoms with E-state index >= 15 is 0 Å². The van der Waals surface area contributed by atoms with E-state index in [1.807, 2.05) is 0 Å². The number of halogens is 6. The predicted octanol–water partition coefficient (Wildman–Crippen LogP) is 3.10. The summed E-state index contributed by atoms with van der Waals surface area (Å²) in [5.41, 5.74) is -0.338. The van der Waals surface area contributed by atoms with Gasteiger partial charge in [-0.2, -0.15) is 27.3 Å². The Morgan fingerprint density at radius 2 is 1.80 bits per heavy atom. The zero-order valence-electron chi connectivity index (χ0n) is 9.16. The Hall–Kier alpha value is -1.68. The molecule has 2 heterocycles. The molecular weight excluding hydrogens is 331 g/mol. The standard InChI is InChI=1S/C8H4Cl2F4N4O2/c9-2-1-3(19-7(11)12)18(17-2)4-5(10)15-16-6(4)20-8(13)14/h1,7-8H,(H,15,16).